The predicted octanol–water partition coefficient (Wildman–Crippen LogP) is 3.70. The molecule has 30 heavy (non-hydrogen) atoms. The summed E-state index contributed by atoms with van der Waals surface area (Å²) in [6.45, 7) is 1.95. The van der Waals surface area contributed by atoms with E-state index in [1.54, 1.807) is 25.1 Å². The number of aryl methyl sites for hydroxylation is 1. The normalized spacial score (nSPS) is 11.7. The maximum Gasteiger partial charge on any atom is 0.328 e. The standard InChI is InChI=1S/C23H23FN2O4/c1-2-29-23(28)19(14-16-8-4-3-5-9-16)26-21(27)12-13-22-25-15-20(30-22)17-10-6-7-11-18(17)24/h3-11,15,19H,2,12-14H2,1H3,(H,26,27). The molecule has 6 nitrogen and oxygen atoms in total. The summed E-state index contributed by atoms with van der Waals surface area (Å²) in [4.78, 5) is 28.8. The van der Waals surface area contributed by atoms with Crippen LogP contribution in [0.15, 0.2) is 65.2 Å². The van der Waals surface area contributed by atoms with E-state index in [4.69, 9.17) is 9.15 Å². The van der Waals surface area contributed by atoms with Crippen molar-refractivity contribution >= 4 is 11.9 Å². The van der Waals surface area contributed by atoms with Crippen LogP contribution in [0.25, 0.3) is 11.3 Å². The Balaban J connectivity index is 1.59. The molecule has 3 rings (SSSR count). The summed E-state index contributed by atoms with van der Waals surface area (Å²) in [6.07, 6.45) is 2.06. The quantitative estimate of drug-likeness (QED) is 0.544. The van der Waals surface area contributed by atoms with E-state index in [-0.39, 0.29) is 25.4 Å². The molecule has 0 aliphatic carbocycles. The van der Waals surface area contributed by atoms with Gasteiger partial charge in [-0.3, -0.25) is 4.79 Å². The van der Waals surface area contributed by atoms with Crippen LogP contribution >= 0.6 is 0 Å². The number of nitrogens with zero attached hydrogens (tertiary/aromatic N) is 1. The molecule has 3 aromatic rings. The third kappa shape index (κ3) is 5.76. The van der Waals surface area contributed by atoms with Gasteiger partial charge in [-0.15, -0.1) is 0 Å². The molecule has 1 aromatic heterocycles. The van der Waals surface area contributed by atoms with E-state index >= 15 is 0 Å². The number of esters is 1. The van der Waals surface area contributed by atoms with Crippen LogP contribution in [0.3, 0.4) is 0 Å². The van der Waals surface area contributed by atoms with E-state index < -0.39 is 17.8 Å². The zero-order valence-corrected chi connectivity index (χ0v) is 16.6. The van der Waals surface area contributed by atoms with E-state index in [0.717, 1.165) is 5.56 Å². The van der Waals surface area contributed by atoms with Crippen molar-refractivity contribution in [1.82, 2.24) is 10.3 Å². The largest absolute Gasteiger partial charge is 0.464 e. The minimum atomic E-state index is -0.779. The van der Waals surface area contributed by atoms with Crippen molar-refractivity contribution in [2.24, 2.45) is 0 Å². The Bertz CT molecular complexity index is 988. The SMILES string of the molecule is CCOC(=O)C(Cc1ccccc1)NC(=O)CCc1ncc(-c2ccccc2F)o1. The zero-order valence-electron chi connectivity index (χ0n) is 16.6. The van der Waals surface area contributed by atoms with Gasteiger partial charge in [0.15, 0.2) is 11.7 Å². The van der Waals surface area contributed by atoms with Crippen molar-refractivity contribution in [3.05, 3.63) is 78.1 Å². The van der Waals surface area contributed by atoms with Crippen molar-refractivity contribution < 1.29 is 23.1 Å². The van der Waals surface area contributed by atoms with Crippen LogP contribution in [0.2, 0.25) is 0 Å². The molecule has 156 valence electrons. The van der Waals surface area contributed by atoms with Gasteiger partial charge in [0, 0.05) is 19.3 Å². The van der Waals surface area contributed by atoms with Gasteiger partial charge in [0.25, 0.3) is 0 Å². The number of nitrogens with one attached hydrogen (secondary N) is 1. The molecule has 0 bridgehead atoms. The van der Waals surface area contributed by atoms with Crippen LogP contribution in [-0.2, 0) is 27.2 Å². The molecule has 2 aromatic carbocycles. The second-order valence-corrected chi connectivity index (χ2v) is 6.66. The number of aromatic nitrogens is 1. The van der Waals surface area contributed by atoms with E-state index in [1.807, 2.05) is 30.3 Å². The maximum atomic E-state index is 13.9. The van der Waals surface area contributed by atoms with Crippen molar-refractivity contribution in [3.63, 3.8) is 0 Å². The summed E-state index contributed by atoms with van der Waals surface area (Å²) in [7, 11) is 0. The predicted molar refractivity (Wildman–Crippen MR) is 109 cm³/mol. The van der Waals surface area contributed by atoms with E-state index in [2.05, 4.69) is 10.3 Å². The van der Waals surface area contributed by atoms with Gasteiger partial charge < -0.3 is 14.5 Å². The number of hydrogen-bond acceptors (Lipinski definition) is 5. The molecule has 0 aliphatic rings. The average molecular weight is 410 g/mol. The summed E-state index contributed by atoms with van der Waals surface area (Å²) in [5.41, 5.74) is 1.23. The Labute approximate surface area is 174 Å². The number of rotatable bonds is 9. The minimum absolute atomic E-state index is 0.0713. The molecule has 0 fully saturated rings. The van der Waals surface area contributed by atoms with E-state index in [0.29, 0.717) is 23.6 Å². The van der Waals surface area contributed by atoms with Crippen LogP contribution in [0.5, 0.6) is 0 Å². The van der Waals surface area contributed by atoms with Gasteiger partial charge in [0.1, 0.15) is 11.9 Å². The van der Waals surface area contributed by atoms with Crippen LogP contribution in [0.4, 0.5) is 4.39 Å². The molecule has 0 aliphatic heterocycles. The number of ether oxygens (including phenoxy) is 1. The number of amides is 1. The third-order valence-electron chi connectivity index (χ3n) is 4.45. The molecule has 0 saturated heterocycles. The lowest BCUT2D eigenvalue weighted by atomic mass is 10.1. The number of carbonyl (C=O) groups excluding carboxylic acids is 2. The number of hydrogen-bond donors (Lipinski definition) is 1. The lowest BCUT2D eigenvalue weighted by Crippen LogP contribution is -2.43. The highest BCUT2D eigenvalue weighted by molar-refractivity contribution is 5.84. The Morgan fingerprint density at radius 3 is 2.60 bits per heavy atom. The van der Waals surface area contributed by atoms with Gasteiger partial charge in [-0.2, -0.15) is 0 Å². The topological polar surface area (TPSA) is 81.4 Å². The van der Waals surface area contributed by atoms with Gasteiger partial charge in [-0.25, -0.2) is 14.2 Å². The van der Waals surface area contributed by atoms with Gasteiger partial charge in [-0.1, -0.05) is 42.5 Å². The molecule has 1 N–H and O–H groups in total. The van der Waals surface area contributed by atoms with Crippen LogP contribution in [-0.4, -0.2) is 29.5 Å². The summed E-state index contributed by atoms with van der Waals surface area (Å²) in [6, 6.07) is 14.8. The van der Waals surface area contributed by atoms with Crippen molar-refractivity contribution in [2.45, 2.75) is 32.2 Å². The Morgan fingerprint density at radius 1 is 1.13 bits per heavy atom. The molecule has 1 heterocycles. The molecule has 0 saturated carbocycles. The van der Waals surface area contributed by atoms with Crippen molar-refractivity contribution in [2.75, 3.05) is 6.61 Å². The van der Waals surface area contributed by atoms with Crippen molar-refractivity contribution in [1.29, 1.82) is 0 Å². The second-order valence-electron chi connectivity index (χ2n) is 6.66. The fraction of sp³-hybridized carbons (Fsp3) is 0.261. The molecule has 0 radical (unpaired) electrons. The van der Waals surface area contributed by atoms with Gasteiger partial charge in [0.05, 0.1) is 18.4 Å². The monoisotopic (exact) mass is 410 g/mol. The maximum absolute atomic E-state index is 13.9. The summed E-state index contributed by atoms with van der Waals surface area (Å²) in [5, 5.41) is 2.73. The summed E-state index contributed by atoms with van der Waals surface area (Å²) < 4.78 is 24.5. The highest BCUT2D eigenvalue weighted by Crippen LogP contribution is 2.23. The van der Waals surface area contributed by atoms with Crippen LogP contribution in [0, 0.1) is 5.82 Å². The Kier molecular flexibility index (Phi) is 7.32. The summed E-state index contributed by atoms with van der Waals surface area (Å²) in [5.74, 6) is -0.588. The fourth-order valence-electron chi connectivity index (χ4n) is 2.98. The first kappa shape index (κ1) is 21.2. The number of oxazole rings is 1. The molecular formula is C23H23FN2O4. The first-order chi connectivity index (χ1) is 14.6. The molecular weight excluding hydrogens is 387 g/mol. The summed E-state index contributed by atoms with van der Waals surface area (Å²) >= 11 is 0. The van der Waals surface area contributed by atoms with Gasteiger partial charge in [-0.05, 0) is 24.6 Å². The van der Waals surface area contributed by atoms with Gasteiger partial charge >= 0.3 is 5.97 Å². The van der Waals surface area contributed by atoms with Crippen LogP contribution in [0.1, 0.15) is 24.8 Å². The Morgan fingerprint density at radius 2 is 1.87 bits per heavy atom. The fourth-order valence-corrected chi connectivity index (χ4v) is 2.98. The average Bonchev–Trinajstić information content (AvgIpc) is 3.22. The van der Waals surface area contributed by atoms with Crippen molar-refractivity contribution in [3.8, 4) is 11.3 Å². The number of benzene rings is 2. The van der Waals surface area contributed by atoms with Gasteiger partial charge in [0.2, 0.25) is 5.91 Å². The second kappa shape index (κ2) is 10.3. The highest BCUT2D eigenvalue weighted by atomic mass is 19.1. The number of halogens is 1. The first-order valence-electron chi connectivity index (χ1n) is 9.76. The van der Waals surface area contributed by atoms with Crippen LogP contribution < -0.4 is 5.32 Å². The van der Waals surface area contributed by atoms with E-state index in [9.17, 15) is 14.0 Å². The molecule has 1 unspecified atom stereocenters. The third-order valence-corrected chi connectivity index (χ3v) is 4.45. The highest BCUT2D eigenvalue weighted by Gasteiger charge is 2.22. The first-order valence-corrected chi connectivity index (χ1v) is 9.76. The molecule has 1 amide bonds. The molecule has 1 atom stereocenters. The number of carbonyl (C=O) groups is 2. The van der Waals surface area contributed by atoms with E-state index in [1.165, 1.54) is 12.3 Å². The molecule has 7 heteroatoms. The minimum Gasteiger partial charge on any atom is -0.464 e. The zero-order chi connectivity index (χ0) is 21.3. The molecule has 0 spiro atoms. The lowest BCUT2D eigenvalue weighted by Gasteiger charge is -2.17. The lowest BCUT2D eigenvalue weighted by molar-refractivity contribution is -0.147. The smallest absolute Gasteiger partial charge is 0.328 e. The Hall–Kier alpha value is -3.48.